The van der Waals surface area contributed by atoms with Crippen molar-refractivity contribution < 1.29 is 9.59 Å². The number of benzene rings is 4. The monoisotopic (exact) mass is 474 g/mol. The van der Waals surface area contributed by atoms with E-state index in [0.29, 0.717) is 23.2 Å². The predicted octanol–water partition coefficient (Wildman–Crippen LogP) is 6.64. The van der Waals surface area contributed by atoms with E-state index in [1.807, 2.05) is 60.7 Å². The molecule has 5 aromatic rings. The molecule has 1 aromatic heterocycles. The van der Waals surface area contributed by atoms with Gasteiger partial charge in [-0.25, -0.2) is 4.98 Å². The molecule has 1 N–H and O–H groups in total. The summed E-state index contributed by atoms with van der Waals surface area (Å²) < 4.78 is 0. The Balaban J connectivity index is 1.19. The molecular weight excluding hydrogens is 452 g/mol. The fourth-order valence-electron chi connectivity index (χ4n) is 3.73. The largest absolute Gasteiger partial charge is 0.348 e. The third kappa shape index (κ3) is 5.26. The molecule has 0 aliphatic carbocycles. The molecule has 4 aromatic carbocycles. The van der Waals surface area contributed by atoms with Crippen LogP contribution in [0.4, 0.5) is 0 Å². The van der Waals surface area contributed by atoms with E-state index in [-0.39, 0.29) is 11.7 Å². The van der Waals surface area contributed by atoms with Crippen molar-refractivity contribution >= 4 is 23.0 Å². The van der Waals surface area contributed by atoms with E-state index in [2.05, 4.69) is 22.8 Å². The molecule has 5 heteroatoms. The maximum absolute atomic E-state index is 12.6. The fourth-order valence-corrected chi connectivity index (χ4v) is 4.56. The van der Waals surface area contributed by atoms with Gasteiger partial charge in [-0.2, -0.15) is 0 Å². The first-order valence-corrected chi connectivity index (χ1v) is 12.1. The van der Waals surface area contributed by atoms with E-state index in [1.54, 1.807) is 47.7 Å². The molecule has 0 fully saturated rings. The van der Waals surface area contributed by atoms with Gasteiger partial charge in [-0.05, 0) is 17.7 Å². The SMILES string of the molecule is O=C(NCc1ccc(-c2nc(-c3ccccc3)cs2)cc1)c1ccc(C(=O)c2ccccc2)cc1. The first-order valence-electron chi connectivity index (χ1n) is 11.3. The standard InChI is InChI=1S/C30H22N2O2S/c33-28(23-9-5-2-6-10-23)24-15-17-25(18-16-24)29(34)31-19-21-11-13-26(14-12-21)30-32-27(20-35-30)22-7-3-1-4-8-22/h1-18,20H,19H2,(H,31,34). The third-order valence-electron chi connectivity index (χ3n) is 5.67. The minimum absolute atomic E-state index is 0.0613. The topological polar surface area (TPSA) is 59.1 Å². The van der Waals surface area contributed by atoms with Crippen LogP contribution >= 0.6 is 11.3 Å². The summed E-state index contributed by atoms with van der Waals surface area (Å²) in [5.74, 6) is -0.242. The molecule has 0 unspecified atom stereocenters. The molecule has 1 heterocycles. The second-order valence-corrected chi connectivity index (χ2v) is 8.91. The number of hydrogen-bond donors (Lipinski definition) is 1. The van der Waals surface area contributed by atoms with Gasteiger partial charge in [0, 0.05) is 39.7 Å². The van der Waals surface area contributed by atoms with Gasteiger partial charge in [0.1, 0.15) is 5.01 Å². The Morgan fingerprint density at radius 1 is 0.657 bits per heavy atom. The zero-order valence-electron chi connectivity index (χ0n) is 18.8. The first-order chi connectivity index (χ1) is 17.2. The van der Waals surface area contributed by atoms with Crippen LogP contribution in [0, 0.1) is 0 Å². The van der Waals surface area contributed by atoms with Crippen molar-refractivity contribution in [3.05, 3.63) is 137 Å². The minimum Gasteiger partial charge on any atom is -0.348 e. The van der Waals surface area contributed by atoms with Crippen LogP contribution in [0.25, 0.3) is 21.8 Å². The summed E-state index contributed by atoms with van der Waals surface area (Å²) in [6.07, 6.45) is 0. The minimum atomic E-state index is -0.180. The van der Waals surface area contributed by atoms with Gasteiger partial charge < -0.3 is 5.32 Å². The highest BCUT2D eigenvalue weighted by Gasteiger charge is 2.11. The average molecular weight is 475 g/mol. The Labute approximate surface area is 207 Å². The van der Waals surface area contributed by atoms with Crippen molar-refractivity contribution in [3.63, 3.8) is 0 Å². The summed E-state index contributed by atoms with van der Waals surface area (Å²) in [4.78, 5) is 29.9. The van der Waals surface area contributed by atoms with E-state index < -0.39 is 0 Å². The third-order valence-corrected chi connectivity index (χ3v) is 6.56. The van der Waals surface area contributed by atoms with E-state index in [0.717, 1.165) is 27.4 Å². The number of aromatic nitrogens is 1. The molecule has 0 atom stereocenters. The molecular formula is C30H22N2O2S. The first kappa shape index (κ1) is 22.4. The highest BCUT2D eigenvalue weighted by atomic mass is 32.1. The maximum atomic E-state index is 12.6. The number of ketones is 1. The number of hydrogen-bond acceptors (Lipinski definition) is 4. The smallest absolute Gasteiger partial charge is 0.251 e. The molecule has 35 heavy (non-hydrogen) atoms. The molecule has 1 amide bonds. The zero-order valence-corrected chi connectivity index (χ0v) is 19.7. The van der Waals surface area contributed by atoms with E-state index in [1.165, 1.54) is 0 Å². The summed E-state index contributed by atoms with van der Waals surface area (Å²) in [5.41, 5.74) is 5.82. The van der Waals surface area contributed by atoms with Crippen molar-refractivity contribution in [2.45, 2.75) is 6.54 Å². The lowest BCUT2D eigenvalue weighted by atomic mass is 10.0. The number of rotatable bonds is 7. The van der Waals surface area contributed by atoms with Crippen LogP contribution in [0.2, 0.25) is 0 Å². The Morgan fingerprint density at radius 3 is 1.94 bits per heavy atom. The summed E-state index contributed by atoms with van der Waals surface area (Å²) in [6.45, 7) is 0.414. The molecule has 4 nitrogen and oxygen atoms in total. The van der Waals surface area contributed by atoms with Crippen molar-refractivity contribution in [1.82, 2.24) is 10.3 Å². The number of amides is 1. The molecule has 0 aliphatic rings. The van der Waals surface area contributed by atoms with Crippen molar-refractivity contribution in [2.75, 3.05) is 0 Å². The Morgan fingerprint density at radius 2 is 1.26 bits per heavy atom. The number of thiazole rings is 1. The fraction of sp³-hybridized carbons (Fsp3) is 0.0333. The number of carbonyl (C=O) groups is 2. The van der Waals surface area contributed by atoms with Crippen LogP contribution in [0.15, 0.2) is 115 Å². The number of carbonyl (C=O) groups excluding carboxylic acids is 2. The molecule has 0 spiro atoms. The quantitative estimate of drug-likeness (QED) is 0.269. The predicted molar refractivity (Wildman–Crippen MR) is 140 cm³/mol. The van der Waals surface area contributed by atoms with Crippen molar-refractivity contribution in [3.8, 4) is 21.8 Å². The van der Waals surface area contributed by atoms with Crippen LogP contribution < -0.4 is 5.32 Å². The van der Waals surface area contributed by atoms with Gasteiger partial charge in [0.2, 0.25) is 0 Å². The molecule has 0 saturated heterocycles. The van der Waals surface area contributed by atoms with E-state index in [4.69, 9.17) is 4.98 Å². The van der Waals surface area contributed by atoms with Crippen LogP contribution in [-0.4, -0.2) is 16.7 Å². The van der Waals surface area contributed by atoms with Gasteiger partial charge in [-0.3, -0.25) is 9.59 Å². The van der Waals surface area contributed by atoms with Crippen LogP contribution in [0.5, 0.6) is 0 Å². The summed E-state index contributed by atoms with van der Waals surface area (Å²) in [7, 11) is 0. The van der Waals surface area contributed by atoms with Crippen LogP contribution in [0.3, 0.4) is 0 Å². The van der Waals surface area contributed by atoms with E-state index >= 15 is 0 Å². The van der Waals surface area contributed by atoms with Crippen LogP contribution in [-0.2, 0) is 6.54 Å². The molecule has 0 bridgehead atoms. The molecule has 0 aliphatic heterocycles. The highest BCUT2D eigenvalue weighted by Crippen LogP contribution is 2.29. The summed E-state index contributed by atoms with van der Waals surface area (Å²) in [6, 6.07) is 34.0. The van der Waals surface area contributed by atoms with Gasteiger partial charge in [0.05, 0.1) is 5.69 Å². The Hall–Kier alpha value is -4.35. The summed E-state index contributed by atoms with van der Waals surface area (Å²) >= 11 is 1.62. The van der Waals surface area contributed by atoms with Crippen molar-refractivity contribution in [1.29, 1.82) is 0 Å². The second-order valence-electron chi connectivity index (χ2n) is 8.06. The second kappa shape index (κ2) is 10.3. The number of nitrogens with zero attached hydrogens (tertiary/aromatic N) is 1. The van der Waals surface area contributed by atoms with Gasteiger partial charge in [-0.15, -0.1) is 11.3 Å². The maximum Gasteiger partial charge on any atom is 0.251 e. The molecule has 0 radical (unpaired) electrons. The van der Waals surface area contributed by atoms with Gasteiger partial charge in [-0.1, -0.05) is 97.1 Å². The lowest BCUT2D eigenvalue weighted by Gasteiger charge is -2.07. The van der Waals surface area contributed by atoms with Crippen LogP contribution in [0.1, 0.15) is 31.8 Å². The lowest BCUT2D eigenvalue weighted by molar-refractivity contribution is 0.0949. The van der Waals surface area contributed by atoms with Gasteiger partial charge in [0.25, 0.3) is 5.91 Å². The zero-order chi connectivity index (χ0) is 24.0. The Bertz CT molecular complexity index is 1440. The lowest BCUT2D eigenvalue weighted by Crippen LogP contribution is -2.22. The number of nitrogens with one attached hydrogen (secondary N) is 1. The van der Waals surface area contributed by atoms with E-state index in [9.17, 15) is 9.59 Å². The van der Waals surface area contributed by atoms with Gasteiger partial charge >= 0.3 is 0 Å². The Kier molecular flexibility index (Phi) is 6.59. The summed E-state index contributed by atoms with van der Waals surface area (Å²) in [5, 5.41) is 5.97. The normalized spacial score (nSPS) is 10.6. The molecule has 0 saturated carbocycles. The van der Waals surface area contributed by atoms with Crippen molar-refractivity contribution in [2.24, 2.45) is 0 Å². The van der Waals surface area contributed by atoms with Gasteiger partial charge in [0.15, 0.2) is 5.78 Å². The highest BCUT2D eigenvalue weighted by molar-refractivity contribution is 7.13. The average Bonchev–Trinajstić information content (AvgIpc) is 3.43. The molecule has 5 rings (SSSR count). The molecule has 170 valence electrons.